The molecule has 1 heterocycles. The molecule has 0 spiro atoms. The second kappa shape index (κ2) is 6.14. The van der Waals surface area contributed by atoms with Crippen molar-refractivity contribution in [3.8, 4) is 11.6 Å². The molecule has 0 atom stereocenters. The van der Waals surface area contributed by atoms with Crippen molar-refractivity contribution in [2.24, 2.45) is 5.84 Å². The largest absolute Gasteiger partial charge is 0.432 e. The lowest BCUT2D eigenvalue weighted by atomic mass is 10.1. The van der Waals surface area contributed by atoms with Gasteiger partial charge in [-0.15, -0.1) is 0 Å². The minimum Gasteiger partial charge on any atom is -0.432 e. The third-order valence-corrected chi connectivity index (χ3v) is 2.81. The van der Waals surface area contributed by atoms with Crippen LogP contribution < -0.4 is 16.0 Å². The number of nitrogens with zero attached hydrogens (tertiary/aromatic N) is 3. The van der Waals surface area contributed by atoms with Gasteiger partial charge in [0, 0.05) is 12.1 Å². The van der Waals surface area contributed by atoms with E-state index in [-0.39, 0.29) is 17.3 Å². The lowest BCUT2D eigenvalue weighted by molar-refractivity contribution is -0.385. The maximum Gasteiger partial charge on any atom is 0.311 e. The molecule has 8 nitrogen and oxygen atoms in total. The average Bonchev–Trinajstić information content (AvgIpc) is 2.46. The minimum absolute atomic E-state index is 0.104. The van der Waals surface area contributed by atoms with Gasteiger partial charge in [0.15, 0.2) is 0 Å². The van der Waals surface area contributed by atoms with Crippen molar-refractivity contribution >= 4 is 11.5 Å². The molecule has 2 aromatic rings. The fraction of sp³-hybridized carbons (Fsp3) is 0.231. The zero-order chi connectivity index (χ0) is 15.4. The first kappa shape index (κ1) is 14.7. The number of nitro benzene ring substituents is 1. The molecule has 0 bridgehead atoms. The Balaban J connectivity index is 2.39. The number of nitro groups is 1. The van der Waals surface area contributed by atoms with Crippen LogP contribution >= 0.6 is 0 Å². The van der Waals surface area contributed by atoms with Gasteiger partial charge in [0.1, 0.15) is 11.6 Å². The van der Waals surface area contributed by atoms with E-state index in [0.29, 0.717) is 18.1 Å². The molecule has 0 radical (unpaired) electrons. The van der Waals surface area contributed by atoms with Crippen LogP contribution in [0.1, 0.15) is 18.3 Å². The number of nitrogens with two attached hydrogens (primary N) is 1. The van der Waals surface area contributed by atoms with Gasteiger partial charge in [0.2, 0.25) is 11.6 Å². The molecule has 2 rings (SSSR count). The first-order valence-corrected chi connectivity index (χ1v) is 6.31. The summed E-state index contributed by atoms with van der Waals surface area (Å²) in [6.45, 7) is 3.59. The molecule has 3 N–H and O–H groups in total. The van der Waals surface area contributed by atoms with Gasteiger partial charge in [-0.05, 0) is 25.0 Å². The highest BCUT2D eigenvalue weighted by Gasteiger charge is 2.17. The summed E-state index contributed by atoms with van der Waals surface area (Å²) in [6.07, 6.45) is 0.703. The molecular weight excluding hydrogens is 274 g/mol. The van der Waals surface area contributed by atoms with E-state index in [0.717, 1.165) is 5.56 Å². The molecule has 0 aliphatic carbocycles. The summed E-state index contributed by atoms with van der Waals surface area (Å²) in [5.74, 6) is 6.40. The van der Waals surface area contributed by atoms with Crippen LogP contribution in [0.2, 0.25) is 0 Å². The molecule has 0 saturated carbocycles. The fourth-order valence-electron chi connectivity index (χ4n) is 1.79. The molecule has 0 unspecified atom stereocenters. The Morgan fingerprint density at radius 3 is 2.76 bits per heavy atom. The molecular formula is C13H15N5O3. The number of hydrazine groups is 1. The quantitative estimate of drug-likeness (QED) is 0.493. The zero-order valence-corrected chi connectivity index (χ0v) is 11.7. The number of rotatable bonds is 5. The normalized spacial score (nSPS) is 10.2. The maximum atomic E-state index is 11.1. The summed E-state index contributed by atoms with van der Waals surface area (Å²) in [4.78, 5) is 18.7. The van der Waals surface area contributed by atoms with E-state index >= 15 is 0 Å². The van der Waals surface area contributed by atoms with E-state index in [1.54, 1.807) is 19.1 Å². The van der Waals surface area contributed by atoms with Crippen molar-refractivity contribution < 1.29 is 9.66 Å². The van der Waals surface area contributed by atoms with Gasteiger partial charge in [0.25, 0.3) is 0 Å². The van der Waals surface area contributed by atoms with Gasteiger partial charge in [-0.2, -0.15) is 4.98 Å². The molecule has 0 saturated heterocycles. The van der Waals surface area contributed by atoms with Crippen molar-refractivity contribution in [2.75, 3.05) is 5.43 Å². The molecule has 110 valence electrons. The van der Waals surface area contributed by atoms with Crippen LogP contribution in [0.25, 0.3) is 0 Å². The summed E-state index contributed by atoms with van der Waals surface area (Å²) in [5, 5.41) is 11.1. The Bertz CT molecular complexity index is 675. The number of nitrogens with one attached hydrogen (secondary N) is 1. The first-order valence-electron chi connectivity index (χ1n) is 6.31. The van der Waals surface area contributed by atoms with Crippen molar-refractivity contribution in [1.29, 1.82) is 0 Å². The number of nitrogen functional groups attached to an aromatic ring is 1. The first-order chi connectivity index (χ1) is 10.0. The predicted molar refractivity (Wildman–Crippen MR) is 77.1 cm³/mol. The van der Waals surface area contributed by atoms with Crippen molar-refractivity contribution in [1.82, 2.24) is 9.97 Å². The summed E-state index contributed by atoms with van der Waals surface area (Å²) >= 11 is 0. The summed E-state index contributed by atoms with van der Waals surface area (Å²) in [7, 11) is 0. The molecule has 8 heteroatoms. The van der Waals surface area contributed by atoms with Crippen LogP contribution in [0.3, 0.4) is 0 Å². The van der Waals surface area contributed by atoms with E-state index in [2.05, 4.69) is 15.4 Å². The maximum absolute atomic E-state index is 11.1. The minimum atomic E-state index is -0.482. The van der Waals surface area contributed by atoms with Crippen LogP contribution in [0.15, 0.2) is 24.3 Å². The molecule has 1 aromatic carbocycles. The number of hydrogen-bond donors (Lipinski definition) is 2. The van der Waals surface area contributed by atoms with Crippen molar-refractivity contribution in [3.05, 3.63) is 45.8 Å². The number of benzene rings is 1. The van der Waals surface area contributed by atoms with Crippen LogP contribution in [0, 0.1) is 17.0 Å². The van der Waals surface area contributed by atoms with E-state index in [4.69, 9.17) is 10.6 Å². The van der Waals surface area contributed by atoms with E-state index < -0.39 is 4.92 Å². The zero-order valence-electron chi connectivity index (χ0n) is 11.7. The number of anilines is 1. The molecule has 0 amide bonds. The Morgan fingerprint density at radius 1 is 1.38 bits per heavy atom. The SMILES string of the molecule is CCc1ccc(Oc2cc(NN)nc(C)n2)c([N+](=O)[O-])c1. The second-order valence-corrected chi connectivity index (χ2v) is 4.30. The van der Waals surface area contributed by atoms with Gasteiger partial charge < -0.3 is 10.2 Å². The third kappa shape index (κ3) is 3.42. The monoisotopic (exact) mass is 289 g/mol. The van der Waals surface area contributed by atoms with Crippen LogP contribution in [0.4, 0.5) is 11.5 Å². The van der Waals surface area contributed by atoms with Crippen LogP contribution in [-0.2, 0) is 6.42 Å². The summed E-state index contributed by atoms with van der Waals surface area (Å²) in [6, 6.07) is 6.29. The van der Waals surface area contributed by atoms with Crippen LogP contribution in [0.5, 0.6) is 11.6 Å². The highest BCUT2D eigenvalue weighted by Crippen LogP contribution is 2.32. The Labute approximate surface area is 121 Å². The lowest BCUT2D eigenvalue weighted by Gasteiger charge is -2.08. The second-order valence-electron chi connectivity index (χ2n) is 4.30. The van der Waals surface area contributed by atoms with Gasteiger partial charge >= 0.3 is 5.69 Å². The van der Waals surface area contributed by atoms with Gasteiger partial charge in [-0.1, -0.05) is 13.0 Å². The van der Waals surface area contributed by atoms with E-state index in [9.17, 15) is 10.1 Å². The number of aryl methyl sites for hydroxylation is 2. The molecule has 1 aromatic heterocycles. The Kier molecular flexibility index (Phi) is 4.29. The van der Waals surface area contributed by atoms with Crippen molar-refractivity contribution in [2.45, 2.75) is 20.3 Å². The van der Waals surface area contributed by atoms with Gasteiger partial charge in [-0.3, -0.25) is 10.1 Å². The molecule has 0 aliphatic rings. The molecule has 0 aliphatic heterocycles. The number of aromatic nitrogens is 2. The highest BCUT2D eigenvalue weighted by molar-refractivity contribution is 5.50. The van der Waals surface area contributed by atoms with E-state index in [1.807, 2.05) is 6.92 Å². The Morgan fingerprint density at radius 2 is 2.14 bits per heavy atom. The topological polar surface area (TPSA) is 116 Å². The smallest absolute Gasteiger partial charge is 0.311 e. The van der Waals surface area contributed by atoms with Gasteiger partial charge in [-0.25, -0.2) is 10.8 Å². The Hall–Kier alpha value is -2.74. The third-order valence-electron chi connectivity index (χ3n) is 2.81. The van der Waals surface area contributed by atoms with Gasteiger partial charge in [0.05, 0.1) is 4.92 Å². The lowest BCUT2D eigenvalue weighted by Crippen LogP contribution is -2.10. The standard InChI is InChI=1S/C13H15N5O3/c1-3-9-4-5-11(10(6-9)18(19)20)21-13-7-12(17-14)15-8(2)16-13/h4-7H,3,14H2,1-2H3,(H,15,16,17). The van der Waals surface area contributed by atoms with Crippen LogP contribution in [-0.4, -0.2) is 14.9 Å². The summed E-state index contributed by atoms with van der Waals surface area (Å²) in [5.41, 5.74) is 3.14. The number of ether oxygens (including phenoxy) is 1. The average molecular weight is 289 g/mol. The molecule has 21 heavy (non-hydrogen) atoms. The highest BCUT2D eigenvalue weighted by atomic mass is 16.6. The predicted octanol–water partition coefficient (Wildman–Crippen LogP) is 2.33. The number of hydrogen-bond acceptors (Lipinski definition) is 7. The summed E-state index contributed by atoms with van der Waals surface area (Å²) < 4.78 is 5.51. The molecule has 0 fully saturated rings. The van der Waals surface area contributed by atoms with Crippen molar-refractivity contribution in [3.63, 3.8) is 0 Å². The van der Waals surface area contributed by atoms with E-state index in [1.165, 1.54) is 12.1 Å². The fourth-order valence-corrected chi connectivity index (χ4v) is 1.79.